The zero-order chi connectivity index (χ0) is 12.5. The van der Waals surface area contributed by atoms with Crippen molar-refractivity contribution in [2.75, 3.05) is 0 Å². The lowest BCUT2D eigenvalue weighted by molar-refractivity contribution is 0.744. The molecule has 0 aliphatic carbocycles. The van der Waals surface area contributed by atoms with Gasteiger partial charge in [0.1, 0.15) is 0 Å². The average Bonchev–Trinajstić information content (AvgIpc) is 2.98. The van der Waals surface area contributed by atoms with Gasteiger partial charge in [0.15, 0.2) is 0 Å². The molecule has 0 spiro atoms. The zero-order valence-corrected chi connectivity index (χ0v) is 10.2. The lowest BCUT2D eigenvalue weighted by Crippen LogP contribution is -2.09. The molecule has 18 heavy (non-hydrogen) atoms. The summed E-state index contributed by atoms with van der Waals surface area (Å²) >= 11 is 5.88. The van der Waals surface area contributed by atoms with Crippen molar-refractivity contribution in [3.8, 4) is 11.9 Å². The van der Waals surface area contributed by atoms with Crippen LogP contribution in [0.5, 0.6) is 0 Å². The molecule has 90 valence electrons. The number of hydrogen-bond donors (Lipinski definition) is 0. The molecule has 0 N–H and O–H groups in total. The van der Waals surface area contributed by atoms with Crippen molar-refractivity contribution in [2.45, 2.75) is 6.92 Å². The summed E-state index contributed by atoms with van der Waals surface area (Å²) in [4.78, 5) is 12.3. The van der Waals surface area contributed by atoms with E-state index in [-0.39, 0.29) is 5.28 Å². The molecule has 3 rings (SSSR count). The van der Waals surface area contributed by atoms with E-state index in [2.05, 4.69) is 25.1 Å². The average molecular weight is 262 g/mol. The molecule has 0 unspecified atom stereocenters. The molecule has 0 bridgehead atoms. The first-order valence-electron chi connectivity index (χ1n) is 5.15. The van der Waals surface area contributed by atoms with Gasteiger partial charge >= 0.3 is 0 Å². The van der Waals surface area contributed by atoms with Crippen LogP contribution in [0.1, 0.15) is 5.56 Å². The summed E-state index contributed by atoms with van der Waals surface area (Å²) in [6, 6.07) is 1.77. The Morgan fingerprint density at radius 2 is 1.83 bits per heavy atom. The predicted octanol–water partition coefficient (Wildman–Crippen LogP) is 1.20. The molecule has 7 nitrogen and oxygen atoms in total. The standard InChI is InChI=1S/C10H8ClN7/c1-7-5-13-18(6-7)10-15-8(11)14-9(16-10)17-4-2-3-12-17/h2-6H,1H3. The van der Waals surface area contributed by atoms with E-state index >= 15 is 0 Å². The first-order valence-corrected chi connectivity index (χ1v) is 5.53. The van der Waals surface area contributed by atoms with E-state index in [1.165, 1.54) is 9.36 Å². The van der Waals surface area contributed by atoms with Gasteiger partial charge in [-0.3, -0.25) is 0 Å². The second kappa shape index (κ2) is 4.19. The summed E-state index contributed by atoms with van der Waals surface area (Å²) in [6.45, 7) is 1.93. The van der Waals surface area contributed by atoms with Gasteiger partial charge in [0, 0.05) is 18.6 Å². The molecule has 0 saturated heterocycles. The molecule has 0 aromatic carbocycles. The Kier molecular flexibility index (Phi) is 2.52. The fraction of sp³-hybridized carbons (Fsp3) is 0.100. The fourth-order valence-corrected chi connectivity index (χ4v) is 1.59. The van der Waals surface area contributed by atoms with E-state index in [9.17, 15) is 0 Å². The maximum atomic E-state index is 5.88. The molecule has 0 radical (unpaired) electrons. The quantitative estimate of drug-likeness (QED) is 0.693. The summed E-state index contributed by atoms with van der Waals surface area (Å²) in [6.07, 6.45) is 6.88. The highest BCUT2D eigenvalue weighted by Crippen LogP contribution is 2.09. The van der Waals surface area contributed by atoms with Gasteiger partial charge < -0.3 is 0 Å². The van der Waals surface area contributed by atoms with Gasteiger partial charge in [0.2, 0.25) is 5.28 Å². The molecule has 8 heteroatoms. The number of nitrogens with zero attached hydrogens (tertiary/aromatic N) is 7. The monoisotopic (exact) mass is 261 g/mol. The fourth-order valence-electron chi connectivity index (χ4n) is 1.44. The molecular formula is C10H8ClN7. The molecular weight excluding hydrogens is 254 g/mol. The van der Waals surface area contributed by atoms with Crippen LogP contribution in [0.15, 0.2) is 30.9 Å². The minimum atomic E-state index is 0.0960. The van der Waals surface area contributed by atoms with E-state index in [0.29, 0.717) is 11.9 Å². The Labute approximate surface area is 107 Å². The summed E-state index contributed by atoms with van der Waals surface area (Å²) in [5.74, 6) is 0.705. The number of rotatable bonds is 2. The lowest BCUT2D eigenvalue weighted by atomic mass is 10.4. The Morgan fingerprint density at radius 3 is 2.44 bits per heavy atom. The summed E-state index contributed by atoms with van der Waals surface area (Å²) in [5.41, 5.74) is 1.01. The molecule has 3 heterocycles. The Hall–Kier alpha value is -2.28. The highest BCUT2D eigenvalue weighted by Gasteiger charge is 2.09. The van der Waals surface area contributed by atoms with Crippen LogP contribution < -0.4 is 0 Å². The van der Waals surface area contributed by atoms with Crippen LogP contribution in [0.25, 0.3) is 11.9 Å². The van der Waals surface area contributed by atoms with Gasteiger partial charge in [0.25, 0.3) is 11.9 Å². The predicted molar refractivity (Wildman–Crippen MR) is 63.8 cm³/mol. The topological polar surface area (TPSA) is 74.3 Å². The van der Waals surface area contributed by atoms with Crippen LogP contribution in [0.4, 0.5) is 0 Å². The minimum absolute atomic E-state index is 0.0960. The van der Waals surface area contributed by atoms with Crippen LogP contribution in [-0.2, 0) is 0 Å². The van der Waals surface area contributed by atoms with Crippen LogP contribution in [0.3, 0.4) is 0 Å². The first-order chi connectivity index (χ1) is 8.72. The van der Waals surface area contributed by atoms with Crippen molar-refractivity contribution in [1.82, 2.24) is 34.5 Å². The third-order valence-electron chi connectivity index (χ3n) is 2.21. The van der Waals surface area contributed by atoms with E-state index in [1.54, 1.807) is 30.9 Å². The van der Waals surface area contributed by atoms with Crippen molar-refractivity contribution < 1.29 is 0 Å². The number of aryl methyl sites for hydroxylation is 1. The van der Waals surface area contributed by atoms with Gasteiger partial charge in [-0.2, -0.15) is 25.1 Å². The SMILES string of the molecule is Cc1cnn(-c2nc(Cl)nc(-n3cccn3)n2)c1. The third-order valence-corrected chi connectivity index (χ3v) is 2.38. The summed E-state index contributed by atoms with van der Waals surface area (Å²) < 4.78 is 3.04. The molecule has 0 amide bonds. The normalized spacial score (nSPS) is 10.8. The van der Waals surface area contributed by atoms with Gasteiger partial charge in [-0.05, 0) is 30.2 Å². The van der Waals surface area contributed by atoms with Gasteiger partial charge in [0.05, 0.1) is 6.20 Å². The molecule has 3 aromatic rings. The smallest absolute Gasteiger partial charge is 0.206 e. The van der Waals surface area contributed by atoms with Gasteiger partial charge in [-0.15, -0.1) is 0 Å². The van der Waals surface area contributed by atoms with Gasteiger partial charge in [-0.1, -0.05) is 0 Å². The summed E-state index contributed by atoms with van der Waals surface area (Å²) in [7, 11) is 0. The maximum absolute atomic E-state index is 5.88. The minimum Gasteiger partial charge on any atom is -0.206 e. The maximum Gasteiger partial charge on any atom is 0.256 e. The van der Waals surface area contributed by atoms with Crippen LogP contribution in [0, 0.1) is 6.92 Å². The molecule has 0 fully saturated rings. The lowest BCUT2D eigenvalue weighted by Gasteiger charge is -2.03. The van der Waals surface area contributed by atoms with Crippen LogP contribution in [0.2, 0.25) is 5.28 Å². The van der Waals surface area contributed by atoms with E-state index in [1.807, 2.05) is 6.92 Å². The largest absolute Gasteiger partial charge is 0.256 e. The van der Waals surface area contributed by atoms with Gasteiger partial charge in [-0.25, -0.2) is 9.36 Å². The highest BCUT2D eigenvalue weighted by atomic mass is 35.5. The van der Waals surface area contributed by atoms with Crippen LogP contribution >= 0.6 is 11.6 Å². The van der Waals surface area contributed by atoms with Crippen molar-refractivity contribution in [2.24, 2.45) is 0 Å². The van der Waals surface area contributed by atoms with E-state index in [4.69, 9.17) is 11.6 Å². The molecule has 0 aliphatic rings. The second-order valence-electron chi connectivity index (χ2n) is 3.62. The molecule has 0 atom stereocenters. The Balaban J connectivity index is 2.11. The Bertz CT molecular complexity index is 673. The zero-order valence-electron chi connectivity index (χ0n) is 9.40. The highest BCUT2D eigenvalue weighted by molar-refractivity contribution is 6.28. The van der Waals surface area contributed by atoms with Crippen LogP contribution in [-0.4, -0.2) is 34.5 Å². The Morgan fingerprint density at radius 1 is 1.06 bits per heavy atom. The van der Waals surface area contributed by atoms with E-state index < -0.39 is 0 Å². The van der Waals surface area contributed by atoms with Crippen molar-refractivity contribution in [1.29, 1.82) is 0 Å². The van der Waals surface area contributed by atoms with E-state index in [0.717, 1.165) is 5.56 Å². The number of aromatic nitrogens is 7. The summed E-state index contributed by atoms with van der Waals surface area (Å²) in [5, 5.41) is 8.26. The molecule has 0 saturated carbocycles. The number of halogens is 1. The van der Waals surface area contributed by atoms with Crippen molar-refractivity contribution in [3.05, 3.63) is 41.7 Å². The molecule has 3 aromatic heterocycles. The molecule has 0 aliphatic heterocycles. The third kappa shape index (κ3) is 1.95. The first kappa shape index (κ1) is 10.8. The van der Waals surface area contributed by atoms with Crippen molar-refractivity contribution in [3.63, 3.8) is 0 Å². The second-order valence-corrected chi connectivity index (χ2v) is 3.96. The number of hydrogen-bond acceptors (Lipinski definition) is 5. The van der Waals surface area contributed by atoms with Crippen molar-refractivity contribution >= 4 is 11.6 Å².